The second-order valence-corrected chi connectivity index (χ2v) is 7.23. The molecule has 0 atom stereocenters. The lowest BCUT2D eigenvalue weighted by Gasteiger charge is -2.20. The van der Waals surface area contributed by atoms with Crippen LogP contribution < -0.4 is 5.32 Å². The number of amides is 1. The van der Waals surface area contributed by atoms with Crippen molar-refractivity contribution >= 4 is 17.2 Å². The maximum Gasteiger partial charge on any atom is 0.252 e. The molecule has 21 heavy (non-hydrogen) atoms. The highest BCUT2D eigenvalue weighted by molar-refractivity contribution is 7.10. The molecule has 2 aliphatic rings. The smallest absolute Gasteiger partial charge is 0.252 e. The highest BCUT2D eigenvalue weighted by Gasteiger charge is 2.20. The second-order valence-electron chi connectivity index (χ2n) is 6.27. The minimum Gasteiger partial charge on any atom is -0.351 e. The van der Waals surface area contributed by atoms with Crippen LogP contribution in [0.3, 0.4) is 0 Å². The normalized spacial score (nSPS) is 19.8. The third-order valence-corrected chi connectivity index (χ3v) is 5.81. The molecule has 1 aliphatic heterocycles. The van der Waals surface area contributed by atoms with Crippen molar-refractivity contribution < 1.29 is 4.79 Å². The molecule has 1 saturated heterocycles. The van der Waals surface area contributed by atoms with Crippen molar-refractivity contribution in [3.05, 3.63) is 21.4 Å². The lowest BCUT2D eigenvalue weighted by atomic mass is 9.96. The van der Waals surface area contributed by atoms with E-state index in [9.17, 15) is 4.79 Å². The van der Waals surface area contributed by atoms with E-state index in [1.165, 1.54) is 68.5 Å². The number of nitrogens with zero attached hydrogens (tertiary/aromatic N) is 1. The van der Waals surface area contributed by atoms with Crippen LogP contribution in [0.5, 0.6) is 0 Å². The molecule has 1 aromatic heterocycles. The Bertz CT molecular complexity index is 475. The van der Waals surface area contributed by atoms with Gasteiger partial charge in [0.1, 0.15) is 0 Å². The van der Waals surface area contributed by atoms with Gasteiger partial charge in [0.25, 0.3) is 5.91 Å². The first-order chi connectivity index (χ1) is 10.3. The number of aryl methyl sites for hydroxylation is 1. The molecule has 0 spiro atoms. The molecule has 1 N–H and O–H groups in total. The lowest BCUT2D eigenvalue weighted by Crippen LogP contribution is -2.35. The van der Waals surface area contributed by atoms with E-state index in [-0.39, 0.29) is 5.91 Å². The number of nitrogens with one attached hydrogen (secondary N) is 1. The Morgan fingerprint density at radius 1 is 1.10 bits per heavy atom. The Hall–Kier alpha value is -0.870. The van der Waals surface area contributed by atoms with Crippen LogP contribution in [-0.2, 0) is 12.8 Å². The monoisotopic (exact) mass is 306 g/mol. The molecule has 0 aromatic carbocycles. The van der Waals surface area contributed by atoms with Gasteiger partial charge in [-0.2, -0.15) is 0 Å². The first kappa shape index (κ1) is 15.0. The highest BCUT2D eigenvalue weighted by atomic mass is 32.1. The third kappa shape index (κ3) is 3.86. The fourth-order valence-corrected chi connectivity index (χ4v) is 4.59. The maximum atomic E-state index is 12.4. The fraction of sp³-hybridized carbons (Fsp3) is 0.706. The van der Waals surface area contributed by atoms with Gasteiger partial charge in [-0.05, 0) is 57.2 Å². The first-order valence-corrected chi connectivity index (χ1v) is 9.32. The van der Waals surface area contributed by atoms with E-state index in [0.717, 1.165) is 25.1 Å². The molecule has 4 heteroatoms. The van der Waals surface area contributed by atoms with Crippen LogP contribution in [0, 0.1) is 0 Å². The zero-order valence-electron chi connectivity index (χ0n) is 12.8. The minimum atomic E-state index is 0.143. The van der Waals surface area contributed by atoms with Gasteiger partial charge in [0, 0.05) is 23.3 Å². The topological polar surface area (TPSA) is 32.3 Å². The van der Waals surface area contributed by atoms with E-state index in [1.54, 1.807) is 11.3 Å². The largest absolute Gasteiger partial charge is 0.351 e. The van der Waals surface area contributed by atoms with E-state index < -0.39 is 0 Å². The Kier molecular flexibility index (Phi) is 5.31. The van der Waals surface area contributed by atoms with Gasteiger partial charge in [-0.15, -0.1) is 11.3 Å². The van der Waals surface area contributed by atoms with Gasteiger partial charge in [0.2, 0.25) is 0 Å². The predicted molar refractivity (Wildman–Crippen MR) is 88.2 cm³/mol. The summed E-state index contributed by atoms with van der Waals surface area (Å²) in [5.41, 5.74) is 2.28. The molecule has 0 saturated carbocycles. The van der Waals surface area contributed by atoms with Gasteiger partial charge in [0.15, 0.2) is 0 Å². The van der Waals surface area contributed by atoms with Gasteiger partial charge in [-0.3, -0.25) is 4.79 Å². The van der Waals surface area contributed by atoms with Crippen LogP contribution in [0.15, 0.2) is 5.38 Å². The lowest BCUT2D eigenvalue weighted by molar-refractivity contribution is 0.0948. The van der Waals surface area contributed by atoms with Crippen molar-refractivity contribution in [2.75, 3.05) is 26.2 Å². The molecule has 3 rings (SSSR count). The summed E-state index contributed by atoms with van der Waals surface area (Å²) < 4.78 is 0. The molecule has 116 valence electrons. The zero-order chi connectivity index (χ0) is 14.5. The van der Waals surface area contributed by atoms with E-state index in [0.29, 0.717) is 0 Å². The summed E-state index contributed by atoms with van der Waals surface area (Å²) >= 11 is 1.77. The number of hydrogen-bond donors (Lipinski definition) is 1. The van der Waals surface area contributed by atoms with Crippen molar-refractivity contribution in [2.45, 2.75) is 51.4 Å². The van der Waals surface area contributed by atoms with Gasteiger partial charge in [0.05, 0.1) is 5.56 Å². The molecule has 1 aliphatic carbocycles. The molecule has 2 heterocycles. The number of thiophene rings is 1. The van der Waals surface area contributed by atoms with Crippen LogP contribution >= 0.6 is 11.3 Å². The Balaban J connectivity index is 1.49. The van der Waals surface area contributed by atoms with Crippen LogP contribution in [0.2, 0.25) is 0 Å². The van der Waals surface area contributed by atoms with Crippen LogP contribution in [0.4, 0.5) is 0 Å². The summed E-state index contributed by atoms with van der Waals surface area (Å²) in [7, 11) is 0. The molecule has 1 fully saturated rings. The quantitative estimate of drug-likeness (QED) is 0.926. The number of carbonyl (C=O) groups excluding carboxylic acids is 1. The maximum absolute atomic E-state index is 12.4. The van der Waals surface area contributed by atoms with E-state index in [1.807, 2.05) is 0 Å². The van der Waals surface area contributed by atoms with Gasteiger partial charge in [-0.25, -0.2) is 0 Å². The summed E-state index contributed by atoms with van der Waals surface area (Å²) in [6.45, 7) is 4.18. The fourth-order valence-electron chi connectivity index (χ4n) is 3.47. The van der Waals surface area contributed by atoms with Gasteiger partial charge in [-0.1, -0.05) is 12.8 Å². The SMILES string of the molecule is O=C(NCCN1CCCCCC1)c1csc2c1CCCC2. The van der Waals surface area contributed by atoms with E-state index in [4.69, 9.17) is 0 Å². The standard InChI is InChI=1S/C17H26N2OS/c20-17(15-13-21-16-8-4-3-7-14(15)16)18-9-12-19-10-5-1-2-6-11-19/h13H,1-12H2,(H,18,20). The van der Waals surface area contributed by atoms with Crippen LogP contribution in [0.1, 0.15) is 59.3 Å². The van der Waals surface area contributed by atoms with Crippen molar-refractivity contribution in [2.24, 2.45) is 0 Å². The Morgan fingerprint density at radius 3 is 2.67 bits per heavy atom. The van der Waals surface area contributed by atoms with Crippen molar-refractivity contribution in [3.63, 3.8) is 0 Å². The van der Waals surface area contributed by atoms with Crippen molar-refractivity contribution in [3.8, 4) is 0 Å². The molecule has 1 aromatic rings. The number of likely N-dealkylation sites (tertiary alicyclic amines) is 1. The summed E-state index contributed by atoms with van der Waals surface area (Å²) in [5.74, 6) is 0.143. The van der Waals surface area contributed by atoms with Crippen LogP contribution in [0.25, 0.3) is 0 Å². The third-order valence-electron chi connectivity index (χ3n) is 4.72. The minimum absolute atomic E-state index is 0.143. The Labute approximate surface area is 131 Å². The van der Waals surface area contributed by atoms with E-state index >= 15 is 0 Å². The predicted octanol–water partition coefficient (Wildman–Crippen LogP) is 3.23. The van der Waals surface area contributed by atoms with Crippen LogP contribution in [-0.4, -0.2) is 37.0 Å². The second kappa shape index (κ2) is 7.41. The molecule has 3 nitrogen and oxygen atoms in total. The number of rotatable bonds is 4. The summed E-state index contributed by atoms with van der Waals surface area (Å²) in [6.07, 6.45) is 10.1. The Morgan fingerprint density at radius 2 is 1.86 bits per heavy atom. The number of carbonyl (C=O) groups is 1. The van der Waals surface area contributed by atoms with Crippen molar-refractivity contribution in [1.82, 2.24) is 10.2 Å². The van der Waals surface area contributed by atoms with Gasteiger partial charge < -0.3 is 10.2 Å². The zero-order valence-corrected chi connectivity index (χ0v) is 13.6. The molecular formula is C17H26N2OS. The number of hydrogen-bond acceptors (Lipinski definition) is 3. The van der Waals surface area contributed by atoms with Gasteiger partial charge >= 0.3 is 0 Å². The number of fused-ring (bicyclic) bond motifs is 1. The summed E-state index contributed by atoms with van der Waals surface area (Å²) in [6, 6.07) is 0. The summed E-state index contributed by atoms with van der Waals surface area (Å²) in [4.78, 5) is 16.3. The highest BCUT2D eigenvalue weighted by Crippen LogP contribution is 2.30. The molecule has 0 bridgehead atoms. The van der Waals surface area contributed by atoms with Crippen molar-refractivity contribution in [1.29, 1.82) is 0 Å². The summed E-state index contributed by atoms with van der Waals surface area (Å²) in [5, 5.41) is 5.20. The van der Waals surface area contributed by atoms with E-state index in [2.05, 4.69) is 15.6 Å². The molecular weight excluding hydrogens is 280 g/mol. The average Bonchev–Trinajstić information content (AvgIpc) is 2.77. The molecule has 0 radical (unpaired) electrons. The first-order valence-electron chi connectivity index (χ1n) is 8.44. The average molecular weight is 306 g/mol. The molecule has 0 unspecified atom stereocenters. The molecule has 1 amide bonds.